The van der Waals surface area contributed by atoms with Crippen LogP contribution >= 0.6 is 11.6 Å². The zero-order valence-electron chi connectivity index (χ0n) is 8.24. The van der Waals surface area contributed by atoms with Crippen LogP contribution in [0, 0.1) is 0 Å². The lowest BCUT2D eigenvalue weighted by molar-refractivity contribution is 0.0601. The first-order chi connectivity index (χ1) is 7.10. The third kappa shape index (κ3) is 2.68. The molecular formula is C10H12ClNO3. The van der Waals surface area contributed by atoms with Crippen LogP contribution in [-0.4, -0.2) is 24.8 Å². The molecule has 0 radical (unpaired) electrons. The summed E-state index contributed by atoms with van der Waals surface area (Å²) in [6.45, 7) is -0.173. The van der Waals surface area contributed by atoms with Gasteiger partial charge < -0.3 is 15.6 Å². The van der Waals surface area contributed by atoms with Crippen molar-refractivity contribution in [3.8, 4) is 0 Å². The second-order valence-corrected chi connectivity index (χ2v) is 3.43. The molecule has 0 amide bonds. The summed E-state index contributed by atoms with van der Waals surface area (Å²) in [6, 6.07) is 4.22. The first-order valence-electron chi connectivity index (χ1n) is 4.34. The van der Waals surface area contributed by atoms with E-state index in [4.69, 9.17) is 22.4 Å². The normalized spacial score (nSPS) is 12.3. The van der Waals surface area contributed by atoms with Gasteiger partial charge in [0.25, 0.3) is 0 Å². The lowest BCUT2D eigenvalue weighted by atomic mass is 10.1. The van der Waals surface area contributed by atoms with Crippen molar-refractivity contribution >= 4 is 17.6 Å². The fraction of sp³-hybridized carbons (Fsp3) is 0.300. The van der Waals surface area contributed by atoms with E-state index in [1.165, 1.54) is 13.2 Å². The van der Waals surface area contributed by atoms with Gasteiger partial charge in [-0.3, -0.25) is 0 Å². The Hall–Kier alpha value is -1.10. The minimum absolute atomic E-state index is 0.173. The number of carbonyl (C=O) groups excluding carboxylic acids is 1. The molecule has 0 spiro atoms. The average Bonchev–Trinajstić information content (AvgIpc) is 2.26. The van der Waals surface area contributed by atoms with E-state index in [1.54, 1.807) is 12.1 Å². The van der Waals surface area contributed by atoms with Gasteiger partial charge in [0.15, 0.2) is 0 Å². The maximum Gasteiger partial charge on any atom is 0.339 e. The van der Waals surface area contributed by atoms with Crippen LogP contribution in [0.1, 0.15) is 22.0 Å². The van der Waals surface area contributed by atoms with Crippen LogP contribution in [0.25, 0.3) is 0 Å². The van der Waals surface area contributed by atoms with E-state index < -0.39 is 12.0 Å². The van der Waals surface area contributed by atoms with Gasteiger partial charge in [-0.2, -0.15) is 0 Å². The van der Waals surface area contributed by atoms with Crippen LogP contribution in [0.5, 0.6) is 0 Å². The summed E-state index contributed by atoms with van der Waals surface area (Å²) in [4.78, 5) is 11.2. The molecule has 1 aromatic carbocycles. The highest BCUT2D eigenvalue weighted by molar-refractivity contribution is 6.33. The molecule has 5 heteroatoms. The monoisotopic (exact) mass is 229 g/mol. The summed E-state index contributed by atoms with van der Waals surface area (Å²) in [7, 11) is 1.28. The van der Waals surface area contributed by atoms with Crippen molar-refractivity contribution < 1.29 is 14.6 Å². The van der Waals surface area contributed by atoms with Gasteiger partial charge in [0, 0.05) is 0 Å². The molecule has 1 rings (SSSR count). The molecule has 0 aliphatic heterocycles. The Morgan fingerprint density at radius 1 is 1.67 bits per heavy atom. The van der Waals surface area contributed by atoms with Crippen LogP contribution in [0.2, 0.25) is 5.02 Å². The van der Waals surface area contributed by atoms with E-state index in [-0.39, 0.29) is 17.2 Å². The number of aliphatic hydroxyl groups is 1. The molecule has 1 atom stereocenters. The van der Waals surface area contributed by atoms with Gasteiger partial charge in [-0.15, -0.1) is 0 Å². The quantitative estimate of drug-likeness (QED) is 0.762. The fourth-order valence-corrected chi connectivity index (χ4v) is 1.41. The molecule has 0 heterocycles. The molecular weight excluding hydrogens is 218 g/mol. The van der Waals surface area contributed by atoms with Crippen molar-refractivity contribution in [2.75, 3.05) is 13.7 Å². The molecule has 0 aromatic heterocycles. The van der Waals surface area contributed by atoms with Gasteiger partial charge in [-0.25, -0.2) is 4.79 Å². The topological polar surface area (TPSA) is 72.5 Å². The van der Waals surface area contributed by atoms with Gasteiger partial charge in [-0.05, 0) is 17.7 Å². The molecule has 0 bridgehead atoms. The Morgan fingerprint density at radius 3 is 2.80 bits per heavy atom. The summed E-state index contributed by atoms with van der Waals surface area (Å²) in [6.07, 6.45) is 0. The van der Waals surface area contributed by atoms with Crippen LogP contribution in [0.3, 0.4) is 0 Å². The van der Waals surface area contributed by atoms with E-state index in [1.807, 2.05) is 0 Å². The van der Waals surface area contributed by atoms with Crippen molar-refractivity contribution in [1.82, 2.24) is 0 Å². The number of hydrogen-bond donors (Lipinski definition) is 2. The Labute approximate surface area is 92.6 Å². The molecule has 15 heavy (non-hydrogen) atoms. The first kappa shape index (κ1) is 12.0. The summed E-state index contributed by atoms with van der Waals surface area (Å²) in [5, 5.41) is 9.11. The lowest BCUT2D eigenvalue weighted by Crippen LogP contribution is -2.14. The molecule has 0 unspecified atom stereocenters. The molecule has 82 valence electrons. The predicted molar refractivity (Wildman–Crippen MR) is 56.8 cm³/mol. The molecule has 3 N–H and O–H groups in total. The largest absolute Gasteiger partial charge is 0.465 e. The first-order valence-corrected chi connectivity index (χ1v) is 4.72. The Morgan fingerprint density at radius 2 is 2.33 bits per heavy atom. The maximum absolute atomic E-state index is 11.2. The summed E-state index contributed by atoms with van der Waals surface area (Å²) in [5.41, 5.74) is 6.56. The van der Waals surface area contributed by atoms with Crippen molar-refractivity contribution in [3.05, 3.63) is 34.3 Å². The lowest BCUT2D eigenvalue weighted by Gasteiger charge is -2.10. The number of halogens is 1. The Bertz CT molecular complexity index is 368. The van der Waals surface area contributed by atoms with Crippen LogP contribution in [0.15, 0.2) is 18.2 Å². The zero-order valence-corrected chi connectivity index (χ0v) is 8.99. The third-order valence-electron chi connectivity index (χ3n) is 2.02. The molecule has 0 aliphatic carbocycles. The standard InChI is InChI=1S/C10H12ClNO3/c1-15-10(14)7-3-2-6(4-8(7)11)9(12)5-13/h2-4,9,13H,5,12H2,1H3/t9-/m1/s1. The van der Waals surface area contributed by atoms with Gasteiger partial charge in [-0.1, -0.05) is 17.7 Å². The van der Waals surface area contributed by atoms with Crippen molar-refractivity contribution in [2.24, 2.45) is 5.73 Å². The van der Waals surface area contributed by atoms with E-state index in [0.717, 1.165) is 0 Å². The van der Waals surface area contributed by atoms with Crippen molar-refractivity contribution in [3.63, 3.8) is 0 Å². The second kappa shape index (κ2) is 5.11. The van der Waals surface area contributed by atoms with E-state index in [0.29, 0.717) is 5.56 Å². The van der Waals surface area contributed by atoms with Crippen LogP contribution in [-0.2, 0) is 4.74 Å². The summed E-state index contributed by atoms with van der Waals surface area (Å²) >= 11 is 5.87. The predicted octanol–water partition coefficient (Wildman–Crippen LogP) is 1.12. The number of esters is 1. The summed E-state index contributed by atoms with van der Waals surface area (Å²) < 4.78 is 4.54. The number of aliphatic hydroxyl groups excluding tert-OH is 1. The molecule has 0 saturated heterocycles. The number of ether oxygens (including phenoxy) is 1. The SMILES string of the molecule is COC(=O)c1ccc([C@H](N)CO)cc1Cl. The number of rotatable bonds is 3. The highest BCUT2D eigenvalue weighted by Crippen LogP contribution is 2.21. The Kier molecular flexibility index (Phi) is 4.08. The number of carbonyl (C=O) groups is 1. The third-order valence-corrected chi connectivity index (χ3v) is 2.34. The Balaban J connectivity index is 3.03. The van der Waals surface area contributed by atoms with Gasteiger partial charge in [0.05, 0.1) is 30.3 Å². The molecule has 4 nitrogen and oxygen atoms in total. The minimum atomic E-state index is -0.496. The van der Waals surface area contributed by atoms with E-state index in [2.05, 4.69) is 4.74 Å². The van der Waals surface area contributed by atoms with Gasteiger partial charge in [0.2, 0.25) is 0 Å². The van der Waals surface area contributed by atoms with Crippen molar-refractivity contribution in [1.29, 1.82) is 0 Å². The second-order valence-electron chi connectivity index (χ2n) is 3.02. The fourth-order valence-electron chi connectivity index (χ4n) is 1.14. The van der Waals surface area contributed by atoms with Crippen LogP contribution in [0.4, 0.5) is 0 Å². The maximum atomic E-state index is 11.2. The molecule has 1 aromatic rings. The van der Waals surface area contributed by atoms with E-state index in [9.17, 15) is 4.79 Å². The van der Waals surface area contributed by atoms with Gasteiger partial charge >= 0.3 is 5.97 Å². The number of hydrogen-bond acceptors (Lipinski definition) is 4. The van der Waals surface area contributed by atoms with Crippen molar-refractivity contribution in [2.45, 2.75) is 6.04 Å². The average molecular weight is 230 g/mol. The van der Waals surface area contributed by atoms with Gasteiger partial charge in [0.1, 0.15) is 0 Å². The highest BCUT2D eigenvalue weighted by atomic mass is 35.5. The molecule has 0 saturated carbocycles. The number of methoxy groups -OCH3 is 1. The number of nitrogens with two attached hydrogens (primary N) is 1. The molecule has 0 aliphatic rings. The highest BCUT2D eigenvalue weighted by Gasteiger charge is 2.12. The summed E-state index contributed by atoms with van der Waals surface area (Å²) in [5.74, 6) is -0.496. The van der Waals surface area contributed by atoms with E-state index >= 15 is 0 Å². The smallest absolute Gasteiger partial charge is 0.339 e. The molecule has 0 fully saturated rings. The number of benzene rings is 1. The van der Waals surface area contributed by atoms with Crippen LogP contribution < -0.4 is 5.73 Å². The minimum Gasteiger partial charge on any atom is -0.465 e. The zero-order chi connectivity index (χ0) is 11.4.